The summed E-state index contributed by atoms with van der Waals surface area (Å²) in [5.74, 6) is -1.35. The SMILES string of the molecule is Cc1ccc2cccc(N)c2n1.Cc1ccc2cccc(NC(=O)c3cnccn3)c2n1.O=C(O)c1cnccn1.[3H][B].[U]. The fourth-order valence-electron chi connectivity index (χ4n) is 3.63. The predicted molar refractivity (Wildman–Crippen MR) is 163 cm³/mol. The van der Waals surface area contributed by atoms with Crippen molar-refractivity contribution in [1.29, 1.82) is 1.34 Å². The number of amides is 1. The Morgan fingerprint density at radius 1 is 0.767 bits per heavy atom. The zero-order valence-corrected chi connectivity index (χ0v) is 27.5. The summed E-state index contributed by atoms with van der Waals surface area (Å²) < 4.78 is 5.25. The van der Waals surface area contributed by atoms with E-state index in [9.17, 15) is 9.59 Å². The summed E-state index contributed by atoms with van der Waals surface area (Å²) in [6.45, 7) is 3.88. The monoisotopic (exact) mass is 798 g/mol. The molecule has 0 unspecified atom stereocenters. The number of hydrogen-bond acceptors (Lipinski definition) is 9. The smallest absolute Gasteiger partial charge is 0.356 e. The fraction of sp³-hybridized carbons (Fsp3) is 0.0667. The number of nitrogens with one attached hydrogen (secondary N) is 1. The van der Waals surface area contributed by atoms with Gasteiger partial charge in [0.25, 0.3) is 5.91 Å². The molecule has 0 aliphatic rings. The summed E-state index contributed by atoms with van der Waals surface area (Å²) in [4.78, 5) is 46.0. The average molecular weight is 798 g/mol. The van der Waals surface area contributed by atoms with E-state index in [-0.39, 0.29) is 48.4 Å². The number of nitrogens with two attached hydrogens (primary N) is 1. The molecule has 2 radical (unpaired) electrons. The van der Waals surface area contributed by atoms with Crippen LogP contribution in [0.2, 0.25) is 0 Å². The maximum atomic E-state index is 12.1. The standard InChI is InChI=1S/C15H12N4O.C10H10N2.C5H4N2O2.BH.U/c1-10-5-6-11-3-2-4-12(14(11)18-10)19-15(20)13-9-16-7-8-17-13;1-7-5-6-8-3-2-4-9(11)10(8)12-7;8-5(9)4-3-6-1-2-7-4;;/h2-9H,1H3,(H,19,20);2-6H,11H2,1H3;1-3H,(H,8,9);1H;/i;;;1T;. The van der Waals surface area contributed by atoms with Gasteiger partial charge in [-0.1, -0.05) is 36.4 Å². The van der Waals surface area contributed by atoms with Gasteiger partial charge in [0.05, 0.1) is 34.8 Å². The molecule has 212 valence electrons. The van der Waals surface area contributed by atoms with E-state index in [4.69, 9.17) is 12.2 Å². The molecule has 4 heterocycles. The number of aryl methyl sites for hydroxylation is 2. The maximum Gasteiger partial charge on any atom is 0.356 e. The van der Waals surface area contributed by atoms with E-state index < -0.39 is 5.97 Å². The molecule has 0 spiro atoms. The number of anilines is 2. The summed E-state index contributed by atoms with van der Waals surface area (Å²) >= 11 is 0. The van der Waals surface area contributed by atoms with Crippen molar-refractivity contribution in [3.05, 3.63) is 121 Å². The van der Waals surface area contributed by atoms with Crippen LogP contribution in [0.25, 0.3) is 21.8 Å². The molecule has 0 aliphatic carbocycles. The third kappa shape index (κ3) is 9.67. The summed E-state index contributed by atoms with van der Waals surface area (Å²) in [6.07, 6.45) is 8.40. The molecule has 0 atom stereocenters. The molecule has 6 rings (SSSR count). The molecule has 4 aromatic heterocycles. The van der Waals surface area contributed by atoms with Crippen LogP contribution in [0.3, 0.4) is 0 Å². The normalized spacial score (nSPS) is 9.77. The topological polar surface area (TPSA) is 170 Å². The van der Waals surface area contributed by atoms with Crippen LogP contribution in [-0.4, -0.2) is 56.6 Å². The number of hydrogen-bond donors (Lipinski definition) is 3. The van der Waals surface area contributed by atoms with Crippen molar-refractivity contribution in [2.75, 3.05) is 11.1 Å². The number of carboxylic acids is 1. The molecule has 0 saturated carbocycles. The maximum absolute atomic E-state index is 12.1. The molecule has 0 fully saturated rings. The van der Waals surface area contributed by atoms with Gasteiger partial charge in [0.15, 0.2) is 5.69 Å². The Balaban J connectivity index is 0.000000241. The number of nitrogen functional groups attached to an aromatic ring is 1. The molecule has 1 amide bonds. The number of aromatic nitrogens is 6. The van der Waals surface area contributed by atoms with Crippen LogP contribution in [0.5, 0.6) is 0 Å². The van der Waals surface area contributed by atoms with Crippen molar-refractivity contribution >= 4 is 53.4 Å². The zero-order chi connectivity index (χ0) is 31.2. The number of benzene rings is 2. The Morgan fingerprint density at radius 3 is 1.84 bits per heavy atom. The Hall–Kier alpha value is -4.72. The summed E-state index contributed by atoms with van der Waals surface area (Å²) in [7, 11) is 3.75. The second-order valence-corrected chi connectivity index (χ2v) is 8.64. The van der Waals surface area contributed by atoms with Gasteiger partial charge in [0, 0.05) is 86.4 Å². The van der Waals surface area contributed by atoms with Crippen LogP contribution in [-0.2, 0) is 0 Å². The van der Waals surface area contributed by atoms with Crippen molar-refractivity contribution in [1.82, 2.24) is 29.9 Å². The first kappa shape index (κ1) is 32.8. The van der Waals surface area contributed by atoms with Crippen LogP contribution in [0.15, 0.2) is 97.8 Å². The Morgan fingerprint density at radius 2 is 1.30 bits per heavy atom. The number of rotatable bonds is 3. The Kier molecular flexibility index (Phi) is 12.7. The number of carbonyl (C=O) groups excluding carboxylic acids is 1. The largest absolute Gasteiger partial charge is 0.476 e. The Labute approximate surface area is 274 Å². The van der Waals surface area contributed by atoms with E-state index in [1.54, 1.807) is 0 Å². The molecule has 4 N–H and O–H groups in total. The number of para-hydroxylation sites is 2. The van der Waals surface area contributed by atoms with E-state index in [1.165, 1.54) is 37.2 Å². The van der Waals surface area contributed by atoms with Crippen molar-refractivity contribution in [3.63, 3.8) is 0 Å². The number of aromatic carboxylic acids is 1. The van der Waals surface area contributed by atoms with Crippen molar-refractivity contribution in [3.8, 4) is 0 Å². The van der Waals surface area contributed by atoms with Crippen molar-refractivity contribution < 1.29 is 45.8 Å². The minimum Gasteiger partial charge on any atom is -0.476 e. The van der Waals surface area contributed by atoms with E-state index in [0.717, 1.165) is 38.9 Å². The first-order valence-electron chi connectivity index (χ1n) is 12.9. The number of carboxylic acid groups (broad SMARTS) is 1. The molecule has 0 bridgehead atoms. The fourth-order valence-corrected chi connectivity index (χ4v) is 3.63. The summed E-state index contributed by atoms with van der Waals surface area (Å²) in [5.41, 5.74) is 11.0. The number of fused-ring (bicyclic) bond motifs is 2. The minimum atomic E-state index is -1.05. The van der Waals surface area contributed by atoms with Gasteiger partial charge in [-0.15, -0.1) is 0 Å². The van der Waals surface area contributed by atoms with Gasteiger partial charge in [-0.25, -0.2) is 14.8 Å². The molecule has 11 nitrogen and oxygen atoms in total. The number of carbonyl (C=O) groups is 2. The van der Waals surface area contributed by atoms with E-state index >= 15 is 0 Å². The third-order valence-electron chi connectivity index (χ3n) is 5.58. The van der Waals surface area contributed by atoms with Gasteiger partial charge in [-0.05, 0) is 39.4 Å². The average Bonchev–Trinajstić information content (AvgIpc) is 3.04. The van der Waals surface area contributed by atoms with E-state index in [1.807, 2.05) is 74.5 Å². The van der Waals surface area contributed by atoms with Gasteiger partial charge < -0.3 is 16.2 Å². The van der Waals surface area contributed by atoms with Gasteiger partial charge in [-0.3, -0.25) is 24.7 Å². The Bertz CT molecular complexity index is 1820. The van der Waals surface area contributed by atoms with E-state index in [0.29, 0.717) is 5.69 Å². The van der Waals surface area contributed by atoms with Crippen molar-refractivity contribution in [2.24, 2.45) is 0 Å². The first-order chi connectivity index (χ1) is 20.8. The van der Waals surface area contributed by atoms with Gasteiger partial charge in [0.1, 0.15) is 5.69 Å². The number of pyridine rings is 2. The van der Waals surface area contributed by atoms with Crippen LogP contribution in [0.1, 0.15) is 32.4 Å². The molecule has 0 aliphatic heterocycles. The molecule has 2 aromatic carbocycles. The van der Waals surface area contributed by atoms with Crippen LogP contribution in [0.4, 0.5) is 11.4 Å². The predicted octanol–water partition coefficient (Wildman–Crippen LogP) is 4.24. The number of nitrogens with zero attached hydrogens (tertiary/aromatic N) is 6. The molecular formula is C30H27BN8O3U. The second-order valence-electron chi connectivity index (χ2n) is 8.64. The molecule has 13 heteroatoms. The van der Waals surface area contributed by atoms with Gasteiger partial charge >= 0.3 is 5.97 Å². The summed E-state index contributed by atoms with van der Waals surface area (Å²) in [6, 6.07) is 19.4. The van der Waals surface area contributed by atoms with Gasteiger partial charge in [-0.2, -0.15) is 0 Å². The third-order valence-corrected chi connectivity index (χ3v) is 5.58. The quantitative estimate of drug-likeness (QED) is 0.174. The molecule has 6 aromatic rings. The minimum absolute atomic E-state index is 0. The molecule has 0 saturated heterocycles. The van der Waals surface area contributed by atoms with Crippen molar-refractivity contribution in [2.45, 2.75) is 13.8 Å². The van der Waals surface area contributed by atoms with Gasteiger partial charge in [0.2, 0.25) is 0 Å². The summed E-state index contributed by atoms with van der Waals surface area (Å²) in [5, 5.41) is 13.2. The van der Waals surface area contributed by atoms with Crippen LogP contribution < -0.4 is 11.1 Å². The van der Waals surface area contributed by atoms with E-state index in [2.05, 4.69) is 43.6 Å². The second kappa shape index (κ2) is 16.7. The van der Waals surface area contributed by atoms with Crippen LogP contribution >= 0.6 is 0 Å². The zero-order valence-electron chi connectivity index (χ0n) is 24.3. The molecule has 43 heavy (non-hydrogen) atoms. The van der Waals surface area contributed by atoms with Crippen LogP contribution in [0, 0.1) is 45.0 Å². The first-order valence-corrected chi connectivity index (χ1v) is 12.4. The molecular weight excluding hydrogens is 769 g/mol.